The minimum absolute atomic E-state index is 0.0607. The third kappa shape index (κ3) is 6.70. The van der Waals surface area contributed by atoms with Crippen molar-refractivity contribution in [2.24, 2.45) is 13.0 Å². The number of rotatable bonds is 8. The van der Waals surface area contributed by atoms with Crippen molar-refractivity contribution in [3.05, 3.63) is 52.7 Å². The fraction of sp³-hybridized carbons (Fsp3) is 0.444. The Kier molecular flexibility index (Phi) is 8.92. The van der Waals surface area contributed by atoms with E-state index >= 15 is 0 Å². The van der Waals surface area contributed by atoms with E-state index in [1.807, 2.05) is 0 Å². The van der Waals surface area contributed by atoms with Gasteiger partial charge in [0.25, 0.3) is 18.2 Å². The summed E-state index contributed by atoms with van der Waals surface area (Å²) in [6.45, 7) is 2.16. The molecule has 11 nitrogen and oxygen atoms in total. The van der Waals surface area contributed by atoms with Crippen molar-refractivity contribution in [3.8, 4) is 11.3 Å². The predicted octanol–water partition coefficient (Wildman–Crippen LogP) is 3.37. The summed E-state index contributed by atoms with van der Waals surface area (Å²) in [5.74, 6) is -0.964. The summed E-state index contributed by atoms with van der Waals surface area (Å²) in [7, 11) is 1.30. The summed E-state index contributed by atoms with van der Waals surface area (Å²) in [6, 6.07) is 4.25. The van der Waals surface area contributed by atoms with Gasteiger partial charge in [0.05, 0.1) is 28.0 Å². The first-order chi connectivity index (χ1) is 20.8. The minimum atomic E-state index is -4.94. The van der Waals surface area contributed by atoms with E-state index in [1.165, 1.54) is 25.2 Å². The molecule has 5 rings (SSSR count). The van der Waals surface area contributed by atoms with Gasteiger partial charge in [0.1, 0.15) is 6.54 Å². The molecule has 0 unspecified atom stereocenters. The van der Waals surface area contributed by atoms with Crippen molar-refractivity contribution in [2.75, 3.05) is 44.6 Å². The van der Waals surface area contributed by atoms with Gasteiger partial charge in [-0.2, -0.15) is 18.3 Å². The molecule has 2 saturated heterocycles. The molecule has 0 radical (unpaired) electrons. The van der Waals surface area contributed by atoms with Crippen LogP contribution in [0.4, 0.5) is 27.6 Å². The van der Waals surface area contributed by atoms with Gasteiger partial charge in [-0.25, -0.2) is 13.8 Å². The lowest BCUT2D eigenvalue weighted by atomic mass is 9.98. The molecule has 2 aromatic heterocycles. The van der Waals surface area contributed by atoms with E-state index in [0.717, 1.165) is 30.1 Å². The zero-order valence-electron chi connectivity index (χ0n) is 23.4. The SMILES string of the molecule is Cn1c(-c2cn(CC(F)F)nc2C(F)(F)F)cnc1C(=O)Nc1ccc(C(=O)N2CCN(C(=O)CC3CNC3)CC2)c(Cl)c1. The second-order valence-corrected chi connectivity index (χ2v) is 11.0. The maximum Gasteiger partial charge on any atom is 0.435 e. The molecule has 236 valence electrons. The average molecular weight is 643 g/mol. The van der Waals surface area contributed by atoms with Gasteiger partial charge >= 0.3 is 6.18 Å². The van der Waals surface area contributed by atoms with E-state index in [4.69, 9.17) is 11.6 Å². The summed E-state index contributed by atoms with van der Waals surface area (Å²) in [5.41, 5.74) is -1.67. The summed E-state index contributed by atoms with van der Waals surface area (Å²) in [5, 5.41) is 9.01. The smallest absolute Gasteiger partial charge is 0.339 e. The molecule has 2 fully saturated rings. The molecule has 0 saturated carbocycles. The van der Waals surface area contributed by atoms with Gasteiger partial charge in [-0.3, -0.25) is 19.1 Å². The van der Waals surface area contributed by atoms with Gasteiger partial charge < -0.3 is 25.0 Å². The fourth-order valence-electron chi connectivity index (χ4n) is 5.08. The Hall–Kier alpha value is -4.05. The zero-order chi connectivity index (χ0) is 31.8. The number of hydrogen-bond donors (Lipinski definition) is 2. The number of nitrogens with one attached hydrogen (secondary N) is 2. The summed E-state index contributed by atoms with van der Waals surface area (Å²) >= 11 is 6.39. The number of piperazine rings is 1. The predicted molar refractivity (Wildman–Crippen MR) is 148 cm³/mol. The third-order valence-electron chi connectivity index (χ3n) is 7.53. The molecule has 2 aliphatic rings. The minimum Gasteiger partial charge on any atom is -0.339 e. The van der Waals surface area contributed by atoms with E-state index in [-0.39, 0.29) is 39.6 Å². The monoisotopic (exact) mass is 642 g/mol. The van der Waals surface area contributed by atoms with Gasteiger partial charge in [0, 0.05) is 51.5 Å². The molecule has 1 aromatic carbocycles. The number of benzene rings is 1. The number of anilines is 1. The van der Waals surface area contributed by atoms with Crippen LogP contribution in [-0.4, -0.2) is 92.5 Å². The Balaban J connectivity index is 1.24. The number of hydrogen-bond acceptors (Lipinski definition) is 6. The number of aromatic nitrogens is 4. The second-order valence-electron chi connectivity index (χ2n) is 10.6. The van der Waals surface area contributed by atoms with Crippen LogP contribution in [0.15, 0.2) is 30.6 Å². The van der Waals surface area contributed by atoms with Gasteiger partial charge in [-0.15, -0.1) is 0 Å². The third-order valence-corrected chi connectivity index (χ3v) is 7.84. The number of halogens is 6. The lowest BCUT2D eigenvalue weighted by molar-refractivity contribution is -0.141. The summed E-state index contributed by atoms with van der Waals surface area (Å²) < 4.78 is 67.9. The number of amides is 3. The van der Waals surface area contributed by atoms with E-state index in [9.17, 15) is 36.3 Å². The van der Waals surface area contributed by atoms with Crippen molar-refractivity contribution >= 4 is 35.0 Å². The quantitative estimate of drug-likeness (QED) is 0.364. The van der Waals surface area contributed by atoms with E-state index < -0.39 is 36.3 Å². The molecule has 0 spiro atoms. The highest BCUT2D eigenvalue weighted by molar-refractivity contribution is 6.34. The molecule has 2 N–H and O–H groups in total. The van der Waals surface area contributed by atoms with Crippen molar-refractivity contribution in [3.63, 3.8) is 0 Å². The van der Waals surface area contributed by atoms with Crippen LogP contribution in [-0.2, 0) is 24.6 Å². The Morgan fingerprint density at radius 2 is 1.80 bits per heavy atom. The van der Waals surface area contributed by atoms with Crippen LogP contribution >= 0.6 is 11.6 Å². The first-order valence-electron chi connectivity index (χ1n) is 13.7. The first-order valence-corrected chi connectivity index (χ1v) is 14.0. The Labute approximate surface area is 252 Å². The standard InChI is InChI=1S/C27H28ClF5N8O3/c1-38-20(18-13-41(14-21(29)30)37-23(18)27(31,32)33)12-35-24(38)25(43)36-16-2-3-17(19(28)9-16)26(44)40-6-4-39(5-7-40)22(42)8-15-10-34-11-15/h2-3,9,12-13,15,21,34H,4-8,10-11,14H2,1H3,(H,36,43). The molecule has 0 atom stereocenters. The van der Waals surface area contributed by atoms with Crippen LogP contribution in [0.2, 0.25) is 5.02 Å². The Morgan fingerprint density at radius 1 is 1.11 bits per heavy atom. The molecule has 3 amide bonds. The van der Waals surface area contributed by atoms with E-state index in [0.29, 0.717) is 43.2 Å². The Bertz CT molecular complexity index is 1560. The highest BCUT2D eigenvalue weighted by Gasteiger charge is 2.39. The topological polar surface area (TPSA) is 117 Å². The summed E-state index contributed by atoms with van der Waals surface area (Å²) in [6.07, 6.45) is -5.54. The molecule has 4 heterocycles. The zero-order valence-corrected chi connectivity index (χ0v) is 24.1. The normalized spacial score (nSPS) is 15.9. The van der Waals surface area contributed by atoms with Crippen LogP contribution in [0, 0.1) is 5.92 Å². The molecular formula is C27H28ClF5N8O3. The highest BCUT2D eigenvalue weighted by Crippen LogP contribution is 2.36. The molecule has 0 bridgehead atoms. The number of carbonyl (C=O) groups is 3. The van der Waals surface area contributed by atoms with E-state index in [2.05, 4.69) is 20.7 Å². The molecule has 0 aliphatic carbocycles. The summed E-state index contributed by atoms with van der Waals surface area (Å²) in [4.78, 5) is 45.9. The largest absolute Gasteiger partial charge is 0.435 e. The molecule has 44 heavy (non-hydrogen) atoms. The molecule has 17 heteroatoms. The first kappa shape index (κ1) is 31.4. The van der Waals surface area contributed by atoms with Crippen molar-refractivity contribution in [2.45, 2.75) is 25.6 Å². The molecular weight excluding hydrogens is 615 g/mol. The van der Waals surface area contributed by atoms with Crippen molar-refractivity contribution in [1.82, 2.24) is 34.4 Å². The lowest BCUT2D eigenvalue weighted by Crippen LogP contribution is -2.52. The average Bonchev–Trinajstić information content (AvgIpc) is 3.53. The molecule has 3 aromatic rings. The highest BCUT2D eigenvalue weighted by atomic mass is 35.5. The second kappa shape index (κ2) is 12.5. The van der Waals surface area contributed by atoms with Crippen molar-refractivity contribution < 1.29 is 36.3 Å². The van der Waals surface area contributed by atoms with Crippen LogP contribution in [0.1, 0.15) is 33.1 Å². The fourth-order valence-corrected chi connectivity index (χ4v) is 5.34. The van der Waals surface area contributed by atoms with Crippen LogP contribution in [0.3, 0.4) is 0 Å². The van der Waals surface area contributed by atoms with Crippen LogP contribution in [0.25, 0.3) is 11.3 Å². The van der Waals surface area contributed by atoms with Crippen molar-refractivity contribution in [1.29, 1.82) is 0 Å². The number of carbonyl (C=O) groups excluding carboxylic acids is 3. The maximum atomic E-state index is 13.6. The van der Waals surface area contributed by atoms with Crippen LogP contribution < -0.4 is 10.6 Å². The van der Waals surface area contributed by atoms with Crippen LogP contribution in [0.5, 0.6) is 0 Å². The van der Waals surface area contributed by atoms with E-state index in [1.54, 1.807) is 9.80 Å². The van der Waals surface area contributed by atoms with Gasteiger partial charge in [0.2, 0.25) is 5.91 Å². The Morgan fingerprint density at radius 3 is 2.39 bits per heavy atom. The van der Waals surface area contributed by atoms with Gasteiger partial charge in [-0.1, -0.05) is 11.6 Å². The lowest BCUT2D eigenvalue weighted by Gasteiger charge is -2.36. The number of imidazole rings is 1. The maximum absolute atomic E-state index is 13.6. The van der Waals surface area contributed by atoms with Gasteiger partial charge in [0.15, 0.2) is 11.5 Å². The number of nitrogens with zero attached hydrogens (tertiary/aromatic N) is 6. The number of alkyl halides is 5. The molecule has 2 aliphatic heterocycles. The van der Waals surface area contributed by atoms with Gasteiger partial charge in [-0.05, 0) is 37.2 Å².